The Morgan fingerprint density at radius 2 is 2.20 bits per heavy atom. The predicted octanol–water partition coefficient (Wildman–Crippen LogP) is 2.88. The highest BCUT2D eigenvalue weighted by molar-refractivity contribution is 9.10. The third-order valence-electron chi connectivity index (χ3n) is 1.09. The lowest BCUT2D eigenvalue weighted by Gasteiger charge is -1.98. The molecule has 0 unspecified atom stereocenters. The van der Waals surface area contributed by atoms with E-state index < -0.39 is 0 Å². The third kappa shape index (κ3) is 1.55. The smallest absolute Gasteiger partial charge is 0.146 e. The van der Waals surface area contributed by atoms with Crippen molar-refractivity contribution in [3.63, 3.8) is 0 Å². The molecule has 54 valence electrons. The van der Waals surface area contributed by atoms with Crippen LogP contribution in [0.25, 0.3) is 0 Å². The summed E-state index contributed by atoms with van der Waals surface area (Å²) in [5.41, 5.74) is 0.606. The van der Waals surface area contributed by atoms with E-state index in [4.69, 9.17) is 0 Å². The summed E-state index contributed by atoms with van der Waals surface area (Å²) in [4.78, 5) is 3.65. The van der Waals surface area contributed by atoms with Gasteiger partial charge >= 0.3 is 0 Å². The number of alkyl halides is 1. The maximum absolute atomic E-state index is 12.7. The van der Waals surface area contributed by atoms with E-state index in [2.05, 4.69) is 36.8 Å². The van der Waals surface area contributed by atoms with Crippen molar-refractivity contribution in [2.24, 2.45) is 0 Å². The van der Waals surface area contributed by atoms with Crippen LogP contribution in [0.3, 0.4) is 0 Å². The highest BCUT2D eigenvalue weighted by atomic mass is 79.9. The molecule has 0 saturated carbocycles. The van der Waals surface area contributed by atoms with Crippen LogP contribution in [0.5, 0.6) is 0 Å². The summed E-state index contributed by atoms with van der Waals surface area (Å²) in [6, 6.07) is 0. The van der Waals surface area contributed by atoms with E-state index >= 15 is 0 Å². The molecule has 0 N–H and O–H groups in total. The number of halogens is 3. The van der Waals surface area contributed by atoms with Gasteiger partial charge < -0.3 is 0 Å². The van der Waals surface area contributed by atoms with Crippen molar-refractivity contribution in [1.82, 2.24) is 4.98 Å². The first-order valence-corrected chi connectivity index (χ1v) is 4.51. The van der Waals surface area contributed by atoms with Crippen molar-refractivity contribution in [1.29, 1.82) is 0 Å². The topological polar surface area (TPSA) is 12.9 Å². The highest BCUT2D eigenvalue weighted by Gasteiger charge is 2.03. The van der Waals surface area contributed by atoms with Gasteiger partial charge in [-0.05, 0) is 15.9 Å². The first kappa shape index (κ1) is 8.14. The lowest BCUT2D eigenvalue weighted by Crippen LogP contribution is -1.88. The van der Waals surface area contributed by atoms with Gasteiger partial charge in [-0.1, -0.05) is 15.9 Å². The van der Waals surface area contributed by atoms with E-state index in [0.29, 0.717) is 15.4 Å². The first-order chi connectivity index (χ1) is 4.75. The number of hydrogen-bond acceptors (Lipinski definition) is 1. The zero-order valence-electron chi connectivity index (χ0n) is 4.94. The zero-order valence-corrected chi connectivity index (χ0v) is 8.11. The van der Waals surface area contributed by atoms with Gasteiger partial charge in [-0.2, -0.15) is 0 Å². The van der Waals surface area contributed by atoms with Crippen molar-refractivity contribution in [3.8, 4) is 0 Å². The van der Waals surface area contributed by atoms with Gasteiger partial charge in [-0.15, -0.1) is 0 Å². The Bertz CT molecular complexity index is 219. The lowest BCUT2D eigenvalue weighted by molar-refractivity contribution is 0.609. The van der Waals surface area contributed by atoms with Crippen LogP contribution in [0.2, 0.25) is 0 Å². The summed E-state index contributed by atoms with van der Waals surface area (Å²) < 4.78 is 13.4. The van der Waals surface area contributed by atoms with Gasteiger partial charge in [0, 0.05) is 21.6 Å². The average molecular weight is 269 g/mol. The van der Waals surface area contributed by atoms with Gasteiger partial charge in [-0.3, -0.25) is 4.98 Å². The van der Waals surface area contributed by atoms with E-state index in [-0.39, 0.29) is 5.82 Å². The maximum atomic E-state index is 12.7. The fourth-order valence-corrected chi connectivity index (χ4v) is 1.96. The Morgan fingerprint density at radius 1 is 1.50 bits per heavy atom. The standard InChI is InChI=1S/C6H4Br2FN/c7-1-4-5(8)2-10-3-6(4)9/h2-3H,1H2. The van der Waals surface area contributed by atoms with Crippen LogP contribution in [0.15, 0.2) is 16.9 Å². The minimum absolute atomic E-state index is 0.286. The molecule has 0 bridgehead atoms. The molecule has 1 aromatic heterocycles. The van der Waals surface area contributed by atoms with Crippen LogP contribution in [0.1, 0.15) is 5.56 Å². The first-order valence-electron chi connectivity index (χ1n) is 2.59. The van der Waals surface area contributed by atoms with E-state index in [0.717, 1.165) is 0 Å². The molecule has 0 amide bonds. The largest absolute Gasteiger partial charge is 0.260 e. The van der Waals surface area contributed by atoms with Crippen LogP contribution >= 0.6 is 31.9 Å². The van der Waals surface area contributed by atoms with Gasteiger partial charge in [0.15, 0.2) is 0 Å². The van der Waals surface area contributed by atoms with E-state index in [9.17, 15) is 4.39 Å². The molecule has 0 aliphatic heterocycles. The molecule has 0 spiro atoms. The van der Waals surface area contributed by atoms with Crippen molar-refractivity contribution >= 4 is 31.9 Å². The Hall–Kier alpha value is 0.0400. The van der Waals surface area contributed by atoms with Gasteiger partial charge in [0.25, 0.3) is 0 Å². The minimum atomic E-state index is -0.286. The predicted molar refractivity (Wildman–Crippen MR) is 44.5 cm³/mol. The number of aromatic nitrogens is 1. The van der Waals surface area contributed by atoms with Crippen LogP contribution in [0.4, 0.5) is 4.39 Å². The van der Waals surface area contributed by atoms with Crippen LogP contribution in [-0.4, -0.2) is 4.98 Å². The van der Waals surface area contributed by atoms with E-state index in [1.54, 1.807) is 6.20 Å². The van der Waals surface area contributed by atoms with Gasteiger partial charge in [0.2, 0.25) is 0 Å². The molecule has 0 radical (unpaired) electrons. The maximum Gasteiger partial charge on any atom is 0.146 e. The summed E-state index contributed by atoms with van der Waals surface area (Å²) in [5, 5.41) is 0.502. The second-order valence-corrected chi connectivity index (χ2v) is 3.13. The number of pyridine rings is 1. The van der Waals surface area contributed by atoms with Gasteiger partial charge in [0.05, 0.1) is 6.20 Å². The Morgan fingerprint density at radius 3 is 2.60 bits per heavy atom. The molecule has 0 saturated heterocycles. The van der Waals surface area contributed by atoms with E-state index in [1.807, 2.05) is 0 Å². The van der Waals surface area contributed by atoms with Gasteiger partial charge in [-0.25, -0.2) is 4.39 Å². The van der Waals surface area contributed by atoms with Crippen molar-refractivity contribution in [2.75, 3.05) is 0 Å². The molecule has 1 heterocycles. The Balaban J connectivity index is 3.17. The molecule has 1 aromatic rings. The van der Waals surface area contributed by atoms with Crippen LogP contribution in [0, 0.1) is 5.82 Å². The zero-order chi connectivity index (χ0) is 7.56. The lowest BCUT2D eigenvalue weighted by atomic mass is 10.3. The Labute approximate surface area is 74.9 Å². The van der Waals surface area contributed by atoms with Crippen LogP contribution < -0.4 is 0 Å². The Kier molecular flexibility index (Phi) is 2.80. The summed E-state index contributed by atoms with van der Waals surface area (Å²) >= 11 is 6.34. The minimum Gasteiger partial charge on any atom is -0.260 e. The second kappa shape index (κ2) is 3.44. The van der Waals surface area contributed by atoms with Crippen LogP contribution in [-0.2, 0) is 5.33 Å². The summed E-state index contributed by atoms with van der Waals surface area (Å²) in [6.45, 7) is 0. The fourth-order valence-electron chi connectivity index (χ4n) is 0.566. The second-order valence-electron chi connectivity index (χ2n) is 1.72. The number of nitrogens with zero attached hydrogens (tertiary/aromatic N) is 1. The quantitative estimate of drug-likeness (QED) is 0.714. The van der Waals surface area contributed by atoms with Crippen molar-refractivity contribution < 1.29 is 4.39 Å². The molecular weight excluding hydrogens is 265 g/mol. The van der Waals surface area contributed by atoms with Crippen molar-refractivity contribution in [3.05, 3.63) is 28.2 Å². The monoisotopic (exact) mass is 267 g/mol. The number of hydrogen-bond donors (Lipinski definition) is 0. The highest BCUT2D eigenvalue weighted by Crippen LogP contribution is 2.20. The molecule has 4 heteroatoms. The molecule has 10 heavy (non-hydrogen) atoms. The molecule has 0 fully saturated rings. The number of rotatable bonds is 1. The SMILES string of the molecule is Fc1cncc(Br)c1CBr. The molecule has 1 nitrogen and oxygen atoms in total. The van der Waals surface area contributed by atoms with E-state index in [1.165, 1.54) is 6.20 Å². The fraction of sp³-hybridized carbons (Fsp3) is 0.167. The third-order valence-corrected chi connectivity index (χ3v) is 2.33. The van der Waals surface area contributed by atoms with Crippen molar-refractivity contribution in [2.45, 2.75) is 5.33 Å². The summed E-state index contributed by atoms with van der Waals surface area (Å²) in [7, 11) is 0. The average Bonchev–Trinajstić information content (AvgIpc) is 1.88. The normalized spacial score (nSPS) is 9.90. The molecule has 0 aliphatic carbocycles. The molecule has 0 aromatic carbocycles. The molecule has 1 rings (SSSR count). The van der Waals surface area contributed by atoms with Gasteiger partial charge in [0.1, 0.15) is 5.82 Å². The molecule has 0 aliphatic rings. The molecule has 0 atom stereocenters. The summed E-state index contributed by atoms with van der Waals surface area (Å²) in [5.74, 6) is -0.286. The molecular formula is C6H4Br2FN. The summed E-state index contributed by atoms with van der Waals surface area (Å²) in [6.07, 6.45) is 2.76.